The zero-order chi connectivity index (χ0) is 8.10. The fourth-order valence-electron chi connectivity index (χ4n) is 0.803. The Morgan fingerprint density at radius 3 is 3.00 bits per heavy atom. The van der Waals surface area contributed by atoms with Crippen molar-refractivity contribution in [1.29, 1.82) is 0 Å². The van der Waals surface area contributed by atoms with E-state index in [1.807, 2.05) is 19.1 Å². The molecule has 11 heavy (non-hydrogen) atoms. The molecule has 2 heteroatoms. The van der Waals surface area contributed by atoms with Gasteiger partial charge in [0.05, 0.1) is 5.69 Å². The van der Waals surface area contributed by atoms with Gasteiger partial charge in [0.1, 0.15) is 6.29 Å². The van der Waals surface area contributed by atoms with Crippen LogP contribution in [0.5, 0.6) is 0 Å². The molecule has 0 unspecified atom stereocenters. The monoisotopic (exact) mass is 147 g/mol. The summed E-state index contributed by atoms with van der Waals surface area (Å²) in [5.41, 5.74) is 1.92. The molecule has 1 rings (SSSR count). The van der Waals surface area contributed by atoms with Gasteiger partial charge in [-0.25, -0.2) is 0 Å². The molecule has 0 aromatic carbocycles. The molecule has 0 spiro atoms. The Labute approximate surface area is 65.6 Å². The number of aromatic nitrogens is 1. The molecule has 0 aliphatic carbocycles. The maximum atomic E-state index is 9.97. The molecule has 0 fully saturated rings. The zero-order valence-corrected chi connectivity index (χ0v) is 6.32. The lowest BCUT2D eigenvalue weighted by Gasteiger charge is -1.94. The van der Waals surface area contributed by atoms with Gasteiger partial charge in [-0.2, -0.15) is 0 Å². The summed E-state index contributed by atoms with van der Waals surface area (Å²) < 4.78 is 0. The van der Waals surface area contributed by atoms with E-state index < -0.39 is 0 Å². The Hall–Kier alpha value is -1.44. The molecule has 0 amide bonds. The predicted molar refractivity (Wildman–Crippen MR) is 44.1 cm³/mol. The van der Waals surface area contributed by atoms with Crippen molar-refractivity contribution in [3.8, 4) is 0 Å². The van der Waals surface area contributed by atoms with Gasteiger partial charge >= 0.3 is 0 Å². The summed E-state index contributed by atoms with van der Waals surface area (Å²) in [6, 6.07) is 3.82. The van der Waals surface area contributed by atoms with E-state index in [0.29, 0.717) is 0 Å². The number of hydrogen-bond acceptors (Lipinski definition) is 2. The summed E-state index contributed by atoms with van der Waals surface area (Å²) in [6.45, 7) is 1.96. The summed E-state index contributed by atoms with van der Waals surface area (Å²) in [7, 11) is 0. The Morgan fingerprint density at radius 1 is 1.55 bits per heavy atom. The van der Waals surface area contributed by atoms with Gasteiger partial charge in [-0.05, 0) is 30.7 Å². The first-order valence-electron chi connectivity index (χ1n) is 3.38. The minimum Gasteiger partial charge on any atom is -0.299 e. The molecule has 0 saturated carbocycles. The number of nitrogens with zero attached hydrogens (tertiary/aromatic N) is 1. The van der Waals surface area contributed by atoms with Crippen LogP contribution < -0.4 is 0 Å². The van der Waals surface area contributed by atoms with Crippen LogP contribution in [0.25, 0.3) is 6.08 Å². The smallest absolute Gasteiger partial charge is 0.142 e. The predicted octanol–water partition coefficient (Wildman–Crippen LogP) is 1.60. The first kappa shape index (κ1) is 7.66. The normalized spacial score (nSPS) is 10.3. The zero-order valence-electron chi connectivity index (χ0n) is 6.32. The summed E-state index contributed by atoms with van der Waals surface area (Å²) in [5, 5.41) is 0. The number of pyridine rings is 1. The largest absolute Gasteiger partial charge is 0.299 e. The minimum atomic E-state index is 0.744. The van der Waals surface area contributed by atoms with E-state index in [9.17, 15) is 4.79 Å². The molecule has 1 aromatic rings. The Balaban J connectivity index is 2.94. The topological polar surface area (TPSA) is 30.0 Å². The van der Waals surface area contributed by atoms with Crippen molar-refractivity contribution in [3.05, 3.63) is 35.7 Å². The third-order valence-electron chi connectivity index (χ3n) is 1.38. The van der Waals surface area contributed by atoms with Gasteiger partial charge in [0.2, 0.25) is 0 Å². The fourth-order valence-corrected chi connectivity index (χ4v) is 0.803. The van der Waals surface area contributed by atoms with E-state index in [2.05, 4.69) is 4.98 Å². The van der Waals surface area contributed by atoms with Crippen LogP contribution >= 0.6 is 0 Å². The number of carbonyl (C=O) groups is 1. The van der Waals surface area contributed by atoms with Crippen LogP contribution in [-0.4, -0.2) is 11.3 Å². The average Bonchev–Trinajstić information content (AvgIpc) is 2.03. The number of aldehydes is 1. The first-order valence-corrected chi connectivity index (χ1v) is 3.38. The summed E-state index contributed by atoms with van der Waals surface area (Å²) in [5.74, 6) is 0. The van der Waals surface area contributed by atoms with E-state index in [4.69, 9.17) is 0 Å². The van der Waals surface area contributed by atoms with Gasteiger partial charge in [0.25, 0.3) is 0 Å². The number of aryl methyl sites for hydroxylation is 1. The molecule has 0 atom stereocenters. The van der Waals surface area contributed by atoms with Crippen molar-refractivity contribution < 1.29 is 4.79 Å². The summed E-state index contributed by atoms with van der Waals surface area (Å²) in [6.07, 6.45) is 5.59. The molecule has 1 aromatic heterocycles. The summed E-state index contributed by atoms with van der Waals surface area (Å²) in [4.78, 5) is 14.0. The molecule has 0 N–H and O–H groups in total. The Morgan fingerprint density at radius 2 is 2.36 bits per heavy atom. The van der Waals surface area contributed by atoms with Gasteiger partial charge in [-0.15, -0.1) is 0 Å². The number of hydrogen-bond donors (Lipinski definition) is 0. The Bertz CT molecular complexity index is 279. The van der Waals surface area contributed by atoms with Crippen LogP contribution in [0.15, 0.2) is 24.4 Å². The van der Waals surface area contributed by atoms with Crippen LogP contribution in [-0.2, 0) is 4.79 Å². The van der Waals surface area contributed by atoms with Crippen LogP contribution in [0.2, 0.25) is 0 Å². The van der Waals surface area contributed by atoms with Crippen LogP contribution in [0.4, 0.5) is 0 Å². The minimum absolute atomic E-state index is 0.744. The fraction of sp³-hybridized carbons (Fsp3) is 0.111. The lowest BCUT2D eigenvalue weighted by molar-refractivity contribution is -0.104. The highest BCUT2D eigenvalue weighted by molar-refractivity contribution is 5.73. The van der Waals surface area contributed by atoms with E-state index in [-0.39, 0.29) is 0 Å². The van der Waals surface area contributed by atoms with Crippen LogP contribution in [0.3, 0.4) is 0 Å². The third kappa shape index (κ3) is 2.00. The molecule has 56 valence electrons. The van der Waals surface area contributed by atoms with Crippen molar-refractivity contribution >= 4 is 12.4 Å². The van der Waals surface area contributed by atoms with Gasteiger partial charge < -0.3 is 0 Å². The van der Waals surface area contributed by atoms with Gasteiger partial charge in [-0.1, -0.05) is 6.07 Å². The number of carbonyl (C=O) groups excluding carboxylic acids is 1. The van der Waals surface area contributed by atoms with Crippen molar-refractivity contribution in [2.45, 2.75) is 6.92 Å². The standard InChI is InChI=1S/C9H9NO/c1-8-4-2-6-10-9(8)5-3-7-11/h2-7H,1H3/b5-3+. The van der Waals surface area contributed by atoms with Crippen molar-refractivity contribution in [1.82, 2.24) is 4.98 Å². The molecule has 0 radical (unpaired) electrons. The lowest BCUT2D eigenvalue weighted by Crippen LogP contribution is -1.83. The van der Waals surface area contributed by atoms with Crippen molar-refractivity contribution in [2.24, 2.45) is 0 Å². The summed E-state index contributed by atoms with van der Waals surface area (Å²) >= 11 is 0. The average molecular weight is 147 g/mol. The van der Waals surface area contributed by atoms with Gasteiger partial charge in [0, 0.05) is 6.20 Å². The second-order valence-corrected chi connectivity index (χ2v) is 2.20. The maximum Gasteiger partial charge on any atom is 0.142 e. The second-order valence-electron chi connectivity index (χ2n) is 2.20. The Kier molecular flexibility index (Phi) is 2.55. The molecular formula is C9H9NO. The molecule has 1 heterocycles. The highest BCUT2D eigenvalue weighted by atomic mass is 16.1. The molecule has 0 bridgehead atoms. The maximum absolute atomic E-state index is 9.97. The van der Waals surface area contributed by atoms with Crippen LogP contribution in [0.1, 0.15) is 11.3 Å². The van der Waals surface area contributed by atoms with E-state index in [1.165, 1.54) is 6.08 Å². The van der Waals surface area contributed by atoms with Crippen LogP contribution in [0, 0.1) is 6.92 Å². The van der Waals surface area contributed by atoms with Gasteiger partial charge in [0.15, 0.2) is 0 Å². The second kappa shape index (κ2) is 3.66. The molecule has 0 aliphatic heterocycles. The van der Waals surface area contributed by atoms with Crippen molar-refractivity contribution in [2.75, 3.05) is 0 Å². The number of allylic oxidation sites excluding steroid dienone is 1. The lowest BCUT2D eigenvalue weighted by atomic mass is 10.2. The van der Waals surface area contributed by atoms with E-state index in [1.54, 1.807) is 12.3 Å². The molecule has 0 saturated heterocycles. The molecular weight excluding hydrogens is 138 g/mol. The SMILES string of the molecule is Cc1cccnc1/C=C/C=O. The van der Waals surface area contributed by atoms with E-state index >= 15 is 0 Å². The third-order valence-corrected chi connectivity index (χ3v) is 1.38. The first-order chi connectivity index (χ1) is 5.34. The molecule has 0 aliphatic rings. The number of rotatable bonds is 2. The highest BCUT2D eigenvalue weighted by Crippen LogP contribution is 2.03. The highest BCUT2D eigenvalue weighted by Gasteiger charge is 1.90. The quantitative estimate of drug-likeness (QED) is 0.469. The van der Waals surface area contributed by atoms with Gasteiger partial charge in [-0.3, -0.25) is 9.78 Å². The molecule has 2 nitrogen and oxygen atoms in total. The van der Waals surface area contributed by atoms with E-state index in [0.717, 1.165) is 17.5 Å². The van der Waals surface area contributed by atoms with Crippen molar-refractivity contribution in [3.63, 3.8) is 0 Å².